The Bertz CT molecular complexity index is 853. The van der Waals surface area contributed by atoms with Crippen LogP contribution in [0.3, 0.4) is 0 Å². The van der Waals surface area contributed by atoms with Crippen molar-refractivity contribution in [1.82, 2.24) is 14.8 Å². The van der Waals surface area contributed by atoms with Crippen molar-refractivity contribution in [3.05, 3.63) is 119 Å². The maximum absolute atomic E-state index is 4.63. The molecule has 0 aliphatic heterocycles. The van der Waals surface area contributed by atoms with Crippen LogP contribution < -0.4 is 0 Å². The molecule has 0 fully saturated rings. The third-order valence-corrected chi connectivity index (χ3v) is 4.75. The topological polar surface area (TPSA) is 30.7 Å². The van der Waals surface area contributed by atoms with E-state index in [4.69, 9.17) is 0 Å². The van der Waals surface area contributed by atoms with Crippen LogP contribution >= 0.6 is 15.9 Å². The van der Waals surface area contributed by atoms with Gasteiger partial charge in [0.05, 0.1) is 0 Å². The molecule has 3 nitrogen and oxygen atoms in total. The summed E-state index contributed by atoms with van der Waals surface area (Å²) < 4.78 is 2.50. The van der Waals surface area contributed by atoms with Crippen molar-refractivity contribution in [2.45, 2.75) is 5.54 Å². The van der Waals surface area contributed by atoms with Gasteiger partial charge in [0.1, 0.15) is 11.9 Å². The molecule has 4 heteroatoms. The van der Waals surface area contributed by atoms with Gasteiger partial charge in [-0.15, -0.1) is 5.10 Å². The first-order valence-electron chi connectivity index (χ1n) is 8.06. The Morgan fingerprint density at radius 2 is 1.04 bits per heavy atom. The van der Waals surface area contributed by atoms with Gasteiger partial charge in [0.2, 0.25) is 4.73 Å². The van der Waals surface area contributed by atoms with Gasteiger partial charge in [-0.3, -0.25) is 0 Å². The fourth-order valence-corrected chi connectivity index (χ4v) is 3.60. The normalized spacial score (nSPS) is 11.4. The lowest BCUT2D eigenvalue weighted by Gasteiger charge is -2.35. The lowest BCUT2D eigenvalue weighted by molar-refractivity contribution is 0.457. The highest BCUT2D eigenvalue weighted by atomic mass is 79.9. The quantitative estimate of drug-likeness (QED) is 0.465. The van der Waals surface area contributed by atoms with E-state index in [0.29, 0.717) is 4.73 Å². The second kappa shape index (κ2) is 6.65. The third-order valence-electron chi connectivity index (χ3n) is 4.38. The maximum atomic E-state index is 4.63. The van der Waals surface area contributed by atoms with Gasteiger partial charge < -0.3 is 0 Å². The van der Waals surface area contributed by atoms with Gasteiger partial charge in [-0.2, -0.15) is 0 Å². The van der Waals surface area contributed by atoms with Gasteiger partial charge in [-0.05, 0) is 32.6 Å². The fourth-order valence-electron chi connectivity index (χ4n) is 3.34. The number of hydrogen-bond acceptors (Lipinski definition) is 2. The summed E-state index contributed by atoms with van der Waals surface area (Å²) in [4.78, 5) is 4.33. The second-order valence-electron chi connectivity index (χ2n) is 5.77. The molecular weight excluding hydrogens is 374 g/mol. The fraction of sp³-hybridized carbons (Fsp3) is 0.0476. The Morgan fingerprint density at radius 3 is 1.36 bits per heavy atom. The Kier molecular flexibility index (Phi) is 4.20. The van der Waals surface area contributed by atoms with E-state index < -0.39 is 5.54 Å². The van der Waals surface area contributed by atoms with E-state index in [2.05, 4.69) is 98.8 Å². The first-order valence-corrected chi connectivity index (χ1v) is 8.85. The molecule has 4 rings (SSSR count). The summed E-state index contributed by atoms with van der Waals surface area (Å²) in [5.74, 6) is 0. The van der Waals surface area contributed by atoms with Crippen LogP contribution in [0.1, 0.15) is 16.7 Å². The van der Waals surface area contributed by atoms with Crippen LogP contribution in [0.4, 0.5) is 0 Å². The largest absolute Gasteiger partial charge is 0.232 e. The van der Waals surface area contributed by atoms with E-state index >= 15 is 0 Å². The standard InChI is InChI=1S/C21H16BrN3/c22-20-23-16-25(24-20)21(17-10-4-1-5-11-17,18-12-6-2-7-13-18)19-14-8-3-9-15-19/h1-16H. The Balaban J connectivity index is 2.12. The van der Waals surface area contributed by atoms with Crippen molar-refractivity contribution in [2.24, 2.45) is 0 Å². The minimum absolute atomic E-state index is 0.569. The van der Waals surface area contributed by atoms with Crippen molar-refractivity contribution >= 4 is 15.9 Å². The highest BCUT2D eigenvalue weighted by Crippen LogP contribution is 2.40. The highest BCUT2D eigenvalue weighted by Gasteiger charge is 2.39. The van der Waals surface area contributed by atoms with Crippen LogP contribution in [0.2, 0.25) is 0 Å². The predicted molar refractivity (Wildman–Crippen MR) is 102 cm³/mol. The zero-order chi connectivity index (χ0) is 17.1. The Labute approximate surface area is 155 Å². The summed E-state index contributed by atoms with van der Waals surface area (Å²) in [6.45, 7) is 0. The average molecular weight is 390 g/mol. The molecule has 0 spiro atoms. The molecule has 0 bridgehead atoms. The minimum Gasteiger partial charge on any atom is -0.232 e. The first kappa shape index (κ1) is 15.8. The van der Waals surface area contributed by atoms with E-state index in [-0.39, 0.29) is 0 Å². The average Bonchev–Trinajstić information content (AvgIpc) is 3.12. The van der Waals surface area contributed by atoms with Gasteiger partial charge in [-0.25, -0.2) is 9.67 Å². The molecule has 0 saturated heterocycles. The molecule has 3 aromatic carbocycles. The number of rotatable bonds is 4. The molecule has 0 aliphatic rings. The van der Waals surface area contributed by atoms with Crippen LogP contribution in [0.15, 0.2) is 102 Å². The minimum atomic E-state index is -0.594. The number of aromatic nitrogens is 3. The number of hydrogen-bond donors (Lipinski definition) is 0. The number of benzene rings is 3. The molecule has 0 amide bonds. The van der Waals surface area contributed by atoms with E-state index in [1.807, 2.05) is 22.9 Å². The molecule has 0 radical (unpaired) electrons. The summed E-state index contributed by atoms with van der Waals surface area (Å²) in [6, 6.07) is 31.2. The van der Waals surface area contributed by atoms with Crippen LogP contribution in [-0.4, -0.2) is 14.8 Å². The molecule has 0 N–H and O–H groups in total. The van der Waals surface area contributed by atoms with Crippen LogP contribution in [0, 0.1) is 0 Å². The predicted octanol–water partition coefficient (Wildman–Crippen LogP) is 4.88. The molecule has 4 aromatic rings. The Hall–Kier alpha value is -2.72. The molecule has 122 valence electrons. The van der Waals surface area contributed by atoms with Gasteiger partial charge >= 0.3 is 0 Å². The summed E-state index contributed by atoms with van der Waals surface area (Å²) >= 11 is 3.40. The lowest BCUT2D eigenvalue weighted by atomic mass is 9.77. The summed E-state index contributed by atoms with van der Waals surface area (Å²) in [7, 11) is 0. The Morgan fingerprint density at radius 1 is 0.640 bits per heavy atom. The molecule has 25 heavy (non-hydrogen) atoms. The monoisotopic (exact) mass is 389 g/mol. The summed E-state index contributed by atoms with van der Waals surface area (Å²) in [6.07, 6.45) is 1.77. The first-order chi connectivity index (χ1) is 12.3. The third kappa shape index (κ3) is 2.68. The molecule has 0 atom stereocenters. The van der Waals surface area contributed by atoms with E-state index in [9.17, 15) is 0 Å². The second-order valence-corrected chi connectivity index (χ2v) is 6.48. The SMILES string of the molecule is Brc1ncn(C(c2ccccc2)(c2ccccc2)c2ccccc2)n1. The van der Waals surface area contributed by atoms with Crippen molar-refractivity contribution in [3.63, 3.8) is 0 Å². The molecule has 1 aromatic heterocycles. The van der Waals surface area contributed by atoms with Gasteiger partial charge in [0.15, 0.2) is 0 Å². The van der Waals surface area contributed by atoms with Gasteiger partial charge in [-0.1, -0.05) is 91.0 Å². The zero-order valence-corrected chi connectivity index (χ0v) is 15.0. The molecule has 0 saturated carbocycles. The molecular formula is C21H16BrN3. The summed E-state index contributed by atoms with van der Waals surface area (Å²) in [5, 5.41) is 4.63. The van der Waals surface area contributed by atoms with Gasteiger partial charge in [0.25, 0.3) is 0 Å². The van der Waals surface area contributed by atoms with Crippen molar-refractivity contribution in [1.29, 1.82) is 0 Å². The highest BCUT2D eigenvalue weighted by molar-refractivity contribution is 9.10. The zero-order valence-electron chi connectivity index (χ0n) is 13.5. The van der Waals surface area contributed by atoms with E-state index in [1.165, 1.54) is 0 Å². The molecule has 1 heterocycles. The summed E-state index contributed by atoms with van der Waals surface area (Å²) in [5.41, 5.74) is 2.79. The molecule has 0 unspecified atom stereocenters. The van der Waals surface area contributed by atoms with Crippen LogP contribution in [0.25, 0.3) is 0 Å². The van der Waals surface area contributed by atoms with E-state index in [0.717, 1.165) is 16.7 Å². The van der Waals surface area contributed by atoms with Crippen molar-refractivity contribution in [3.8, 4) is 0 Å². The smallest absolute Gasteiger partial charge is 0.217 e. The van der Waals surface area contributed by atoms with Crippen molar-refractivity contribution < 1.29 is 0 Å². The van der Waals surface area contributed by atoms with Crippen LogP contribution in [-0.2, 0) is 5.54 Å². The molecule has 0 aliphatic carbocycles. The van der Waals surface area contributed by atoms with E-state index in [1.54, 1.807) is 6.33 Å². The van der Waals surface area contributed by atoms with Crippen molar-refractivity contribution in [2.75, 3.05) is 0 Å². The number of halogens is 1. The number of nitrogens with zero attached hydrogens (tertiary/aromatic N) is 3. The maximum Gasteiger partial charge on any atom is 0.217 e. The van der Waals surface area contributed by atoms with Gasteiger partial charge in [0, 0.05) is 0 Å². The van der Waals surface area contributed by atoms with Crippen LogP contribution in [0.5, 0.6) is 0 Å². The lowest BCUT2D eigenvalue weighted by Crippen LogP contribution is -2.38.